The zero-order chi connectivity index (χ0) is 19.7. The van der Waals surface area contributed by atoms with Gasteiger partial charge in [0.25, 0.3) is 5.91 Å². The Labute approximate surface area is 162 Å². The van der Waals surface area contributed by atoms with E-state index in [-0.39, 0.29) is 11.9 Å². The minimum atomic E-state index is -0.644. The predicted octanol–water partition coefficient (Wildman–Crippen LogP) is 2.50. The first kappa shape index (κ1) is 18.2. The van der Waals surface area contributed by atoms with Crippen molar-refractivity contribution in [2.75, 3.05) is 25.2 Å². The maximum atomic E-state index is 13.5. The van der Waals surface area contributed by atoms with Crippen LogP contribution in [-0.2, 0) is 0 Å². The summed E-state index contributed by atoms with van der Waals surface area (Å²) >= 11 is 0. The number of carbonyl (C=O) groups is 2. The van der Waals surface area contributed by atoms with E-state index in [9.17, 15) is 14.0 Å². The van der Waals surface area contributed by atoms with Crippen LogP contribution in [0.4, 0.5) is 14.9 Å². The Kier molecular flexibility index (Phi) is 4.64. The molecule has 2 heterocycles. The van der Waals surface area contributed by atoms with E-state index in [1.54, 1.807) is 48.4 Å². The van der Waals surface area contributed by atoms with Crippen molar-refractivity contribution in [2.45, 2.75) is 18.5 Å². The van der Waals surface area contributed by atoms with Gasteiger partial charge in [-0.2, -0.15) is 0 Å². The fraction of sp³-hybridized carbons (Fsp3) is 0.300. The molecule has 2 aromatic rings. The van der Waals surface area contributed by atoms with Gasteiger partial charge in [-0.15, -0.1) is 0 Å². The lowest BCUT2D eigenvalue weighted by atomic mass is 9.97. The van der Waals surface area contributed by atoms with Crippen molar-refractivity contribution in [3.8, 4) is 5.75 Å². The van der Waals surface area contributed by atoms with Gasteiger partial charge in [0.05, 0.1) is 12.8 Å². The monoisotopic (exact) mass is 384 g/mol. The topological polar surface area (TPSA) is 73.9 Å². The molecule has 0 radical (unpaired) electrons. The van der Waals surface area contributed by atoms with Gasteiger partial charge in [0.2, 0.25) is 0 Å². The van der Waals surface area contributed by atoms with Gasteiger partial charge in [0.15, 0.2) is 0 Å². The highest BCUT2D eigenvalue weighted by atomic mass is 19.1. The molecular weight excluding hydrogens is 363 g/mol. The molecule has 7 nitrogen and oxygen atoms in total. The molecule has 0 unspecified atom stereocenters. The standard InChI is InChI=1S/C20H21FN4O3/c1-28-17-7-2-4-14(12-17)18(26)24-10-8-20(9-11-24)22-19(27)25(23-20)16-6-3-5-15(21)13-16/h2-7,12-13,23H,8-11H2,1H3,(H,22,27). The lowest BCUT2D eigenvalue weighted by molar-refractivity contribution is 0.0640. The molecular formula is C20H21FN4O3. The van der Waals surface area contributed by atoms with Crippen LogP contribution in [0.25, 0.3) is 0 Å². The second-order valence-electron chi connectivity index (χ2n) is 6.96. The van der Waals surface area contributed by atoms with E-state index in [2.05, 4.69) is 10.7 Å². The Bertz CT molecular complexity index is 912. The van der Waals surface area contributed by atoms with E-state index in [4.69, 9.17) is 4.74 Å². The Morgan fingerprint density at radius 1 is 1.14 bits per heavy atom. The number of piperidine rings is 1. The smallest absolute Gasteiger partial charge is 0.338 e. The third-order valence-corrected chi connectivity index (χ3v) is 5.16. The summed E-state index contributed by atoms with van der Waals surface area (Å²) in [4.78, 5) is 26.9. The molecule has 2 N–H and O–H groups in total. The van der Waals surface area contributed by atoms with E-state index < -0.39 is 11.5 Å². The van der Waals surface area contributed by atoms with E-state index in [0.717, 1.165) is 0 Å². The molecule has 0 aromatic heterocycles. The molecule has 8 heteroatoms. The summed E-state index contributed by atoms with van der Waals surface area (Å²) in [5.74, 6) is 0.154. The Hall–Kier alpha value is -3.13. The van der Waals surface area contributed by atoms with Gasteiger partial charge in [-0.3, -0.25) is 4.79 Å². The van der Waals surface area contributed by atoms with Crippen LogP contribution in [0, 0.1) is 5.82 Å². The second kappa shape index (κ2) is 7.12. The normalized spacial score (nSPS) is 18.3. The van der Waals surface area contributed by atoms with Crippen LogP contribution in [0.1, 0.15) is 23.2 Å². The molecule has 0 saturated carbocycles. The number of hydrogen-bond acceptors (Lipinski definition) is 4. The average Bonchev–Trinajstić information content (AvgIpc) is 3.04. The maximum Gasteiger partial charge on any atom is 0.338 e. The quantitative estimate of drug-likeness (QED) is 0.853. The van der Waals surface area contributed by atoms with Crippen molar-refractivity contribution in [1.82, 2.24) is 15.6 Å². The highest BCUT2D eigenvalue weighted by Gasteiger charge is 2.45. The van der Waals surface area contributed by atoms with Crippen molar-refractivity contribution >= 4 is 17.6 Å². The Morgan fingerprint density at radius 2 is 1.89 bits per heavy atom. The number of methoxy groups -OCH3 is 1. The third-order valence-electron chi connectivity index (χ3n) is 5.16. The Morgan fingerprint density at radius 3 is 2.61 bits per heavy atom. The lowest BCUT2D eigenvalue weighted by Gasteiger charge is -2.38. The molecule has 2 aliphatic heterocycles. The van der Waals surface area contributed by atoms with Crippen LogP contribution in [0.3, 0.4) is 0 Å². The van der Waals surface area contributed by atoms with Gasteiger partial charge in [0.1, 0.15) is 17.2 Å². The van der Waals surface area contributed by atoms with E-state index in [1.807, 2.05) is 0 Å². The second-order valence-corrected chi connectivity index (χ2v) is 6.96. The number of hydrogen-bond donors (Lipinski definition) is 2. The molecule has 0 bridgehead atoms. The number of anilines is 1. The van der Waals surface area contributed by atoms with Crippen LogP contribution in [0.15, 0.2) is 48.5 Å². The molecule has 28 heavy (non-hydrogen) atoms. The van der Waals surface area contributed by atoms with Crippen molar-refractivity contribution in [2.24, 2.45) is 0 Å². The molecule has 2 saturated heterocycles. The first-order valence-corrected chi connectivity index (χ1v) is 9.09. The summed E-state index contributed by atoms with van der Waals surface area (Å²) in [6.07, 6.45) is 1.08. The van der Waals surface area contributed by atoms with Gasteiger partial charge in [-0.05, 0) is 36.4 Å². The van der Waals surface area contributed by atoms with Gasteiger partial charge in [-0.25, -0.2) is 19.6 Å². The molecule has 2 aromatic carbocycles. The first-order chi connectivity index (χ1) is 13.5. The number of nitrogens with zero attached hydrogens (tertiary/aromatic N) is 2. The van der Waals surface area contributed by atoms with Crippen LogP contribution in [0.5, 0.6) is 5.75 Å². The first-order valence-electron chi connectivity index (χ1n) is 9.09. The average molecular weight is 384 g/mol. The largest absolute Gasteiger partial charge is 0.497 e. The summed E-state index contributed by atoms with van der Waals surface area (Å²) < 4.78 is 18.7. The predicted molar refractivity (Wildman–Crippen MR) is 101 cm³/mol. The number of halogens is 1. The molecule has 2 fully saturated rings. The number of urea groups is 1. The molecule has 0 atom stereocenters. The number of rotatable bonds is 3. The highest BCUT2D eigenvalue weighted by molar-refractivity contribution is 5.95. The van der Waals surface area contributed by atoms with E-state index in [1.165, 1.54) is 17.1 Å². The fourth-order valence-electron chi connectivity index (χ4n) is 3.62. The number of carbonyl (C=O) groups excluding carboxylic acids is 2. The molecule has 2 aliphatic rings. The number of amides is 3. The summed E-state index contributed by atoms with van der Waals surface area (Å²) in [5, 5.41) is 4.27. The van der Waals surface area contributed by atoms with Crippen molar-refractivity contribution in [3.05, 3.63) is 59.9 Å². The molecule has 3 amide bonds. The van der Waals surface area contributed by atoms with Crippen molar-refractivity contribution < 1.29 is 18.7 Å². The van der Waals surface area contributed by atoms with E-state index in [0.29, 0.717) is 42.9 Å². The summed E-state index contributed by atoms with van der Waals surface area (Å²) in [7, 11) is 1.56. The molecule has 146 valence electrons. The molecule has 1 spiro atoms. The number of benzene rings is 2. The van der Waals surface area contributed by atoms with E-state index >= 15 is 0 Å². The van der Waals surface area contributed by atoms with Crippen LogP contribution in [-0.4, -0.2) is 42.7 Å². The van der Waals surface area contributed by atoms with Crippen molar-refractivity contribution in [3.63, 3.8) is 0 Å². The van der Waals surface area contributed by atoms with Gasteiger partial charge in [0, 0.05) is 31.5 Å². The number of likely N-dealkylation sites (tertiary alicyclic amines) is 1. The lowest BCUT2D eigenvalue weighted by Crippen LogP contribution is -2.58. The summed E-state index contributed by atoms with van der Waals surface area (Å²) in [6.45, 7) is 0.973. The maximum absolute atomic E-state index is 13.5. The number of ether oxygens (including phenoxy) is 1. The molecule has 4 rings (SSSR count). The van der Waals surface area contributed by atoms with Crippen LogP contribution in [0.2, 0.25) is 0 Å². The third kappa shape index (κ3) is 3.38. The van der Waals surface area contributed by atoms with Crippen LogP contribution < -0.4 is 20.5 Å². The minimum absolute atomic E-state index is 0.0694. The van der Waals surface area contributed by atoms with Gasteiger partial charge >= 0.3 is 6.03 Å². The Balaban J connectivity index is 1.43. The molecule has 0 aliphatic carbocycles. The van der Waals surface area contributed by atoms with Gasteiger partial charge in [-0.1, -0.05) is 12.1 Å². The minimum Gasteiger partial charge on any atom is -0.497 e. The summed E-state index contributed by atoms with van der Waals surface area (Å²) in [5.41, 5.74) is 3.52. The van der Waals surface area contributed by atoms with Crippen LogP contribution >= 0.6 is 0 Å². The number of hydrazine groups is 1. The SMILES string of the molecule is COc1cccc(C(=O)N2CCC3(CC2)NC(=O)N(c2cccc(F)c2)N3)c1. The summed E-state index contributed by atoms with van der Waals surface area (Å²) in [6, 6.07) is 12.6. The highest BCUT2D eigenvalue weighted by Crippen LogP contribution is 2.28. The number of nitrogens with one attached hydrogen (secondary N) is 2. The zero-order valence-electron chi connectivity index (χ0n) is 15.4. The fourth-order valence-corrected chi connectivity index (χ4v) is 3.62. The zero-order valence-corrected chi connectivity index (χ0v) is 15.4. The van der Waals surface area contributed by atoms with Crippen molar-refractivity contribution in [1.29, 1.82) is 0 Å². The van der Waals surface area contributed by atoms with Gasteiger partial charge < -0.3 is 15.0 Å².